The number of carboxylic acids is 1. The molecular formula is C36H34F4N2O6S. The standard InChI is InChI=1S/C36H34F4N2O6S/c1-22-7-14-27(15-8-22)49(47,48)41(20-29-34(39)30(37)18-31(38)35(29)40)21-33(44)42(26-13-16-28(36(45)46)32(43)17-26)19-23-9-11-25(12-10-23)24-5-3-2-4-6-24/h7-18,24,43H,2-6,19-21H2,1H3,(H,45,46). The first-order chi connectivity index (χ1) is 23.3. The average Bonchev–Trinajstić information content (AvgIpc) is 3.08. The second kappa shape index (κ2) is 14.8. The summed E-state index contributed by atoms with van der Waals surface area (Å²) < 4.78 is 86.2. The van der Waals surface area contributed by atoms with Gasteiger partial charge in [-0.15, -0.1) is 0 Å². The number of halogens is 4. The van der Waals surface area contributed by atoms with E-state index in [4.69, 9.17) is 0 Å². The number of aromatic carboxylic acids is 1. The predicted molar refractivity (Wildman–Crippen MR) is 174 cm³/mol. The van der Waals surface area contributed by atoms with Crippen molar-refractivity contribution in [3.8, 4) is 5.75 Å². The Morgan fingerprint density at radius 1 is 0.816 bits per heavy atom. The number of anilines is 1. The number of sulfonamides is 1. The first kappa shape index (κ1) is 35.6. The van der Waals surface area contributed by atoms with Gasteiger partial charge in [-0.2, -0.15) is 4.31 Å². The number of phenols is 1. The molecule has 1 aliphatic rings. The Balaban J connectivity index is 1.54. The van der Waals surface area contributed by atoms with Crippen LogP contribution in [0, 0.1) is 30.2 Å². The summed E-state index contributed by atoms with van der Waals surface area (Å²) in [5.41, 5.74) is 0.727. The van der Waals surface area contributed by atoms with E-state index in [-0.39, 0.29) is 23.2 Å². The molecule has 5 rings (SSSR count). The largest absolute Gasteiger partial charge is 0.507 e. The van der Waals surface area contributed by atoms with Gasteiger partial charge in [-0.3, -0.25) is 4.79 Å². The molecule has 13 heteroatoms. The molecule has 4 aromatic carbocycles. The van der Waals surface area contributed by atoms with Gasteiger partial charge in [0.2, 0.25) is 15.9 Å². The van der Waals surface area contributed by atoms with Crippen molar-refractivity contribution in [3.63, 3.8) is 0 Å². The molecule has 49 heavy (non-hydrogen) atoms. The zero-order valence-corrected chi connectivity index (χ0v) is 27.3. The third-order valence-electron chi connectivity index (χ3n) is 8.73. The molecule has 0 saturated heterocycles. The minimum Gasteiger partial charge on any atom is -0.507 e. The van der Waals surface area contributed by atoms with Crippen molar-refractivity contribution >= 4 is 27.6 Å². The van der Waals surface area contributed by atoms with Gasteiger partial charge in [0.25, 0.3) is 0 Å². The number of aromatic hydroxyl groups is 1. The van der Waals surface area contributed by atoms with Crippen molar-refractivity contribution in [2.75, 3.05) is 11.4 Å². The SMILES string of the molecule is Cc1ccc(S(=O)(=O)N(CC(=O)N(Cc2ccc(C3CCCCC3)cc2)c2ccc(C(=O)O)c(O)c2)Cc2c(F)c(F)cc(F)c2F)cc1. The lowest BCUT2D eigenvalue weighted by molar-refractivity contribution is -0.119. The molecule has 0 heterocycles. The highest BCUT2D eigenvalue weighted by molar-refractivity contribution is 7.89. The predicted octanol–water partition coefficient (Wildman–Crippen LogP) is 7.43. The van der Waals surface area contributed by atoms with Gasteiger partial charge >= 0.3 is 5.97 Å². The highest BCUT2D eigenvalue weighted by Gasteiger charge is 2.33. The molecule has 0 unspecified atom stereocenters. The normalized spacial score (nSPS) is 13.8. The maximum absolute atomic E-state index is 14.8. The van der Waals surface area contributed by atoms with E-state index in [2.05, 4.69) is 0 Å². The molecule has 1 fully saturated rings. The van der Waals surface area contributed by atoms with Gasteiger partial charge in [-0.05, 0) is 61.1 Å². The Morgan fingerprint density at radius 3 is 2.00 bits per heavy atom. The minimum atomic E-state index is -4.72. The quantitative estimate of drug-likeness (QED) is 0.124. The number of aryl methyl sites for hydroxylation is 1. The molecule has 0 bridgehead atoms. The number of carbonyl (C=O) groups is 2. The van der Waals surface area contributed by atoms with Crippen molar-refractivity contribution in [3.05, 3.63) is 124 Å². The number of benzene rings is 4. The van der Waals surface area contributed by atoms with E-state index < -0.39 is 75.1 Å². The van der Waals surface area contributed by atoms with Crippen LogP contribution in [0.4, 0.5) is 23.2 Å². The molecule has 1 saturated carbocycles. The second-order valence-electron chi connectivity index (χ2n) is 12.1. The summed E-state index contributed by atoms with van der Waals surface area (Å²) in [5.74, 6) is -9.79. The van der Waals surface area contributed by atoms with Crippen molar-refractivity contribution in [1.82, 2.24) is 4.31 Å². The van der Waals surface area contributed by atoms with Crippen LogP contribution in [0.25, 0.3) is 0 Å². The number of nitrogens with zero attached hydrogens (tertiary/aromatic N) is 2. The molecule has 0 spiro atoms. The van der Waals surface area contributed by atoms with Gasteiger partial charge in [0, 0.05) is 29.9 Å². The van der Waals surface area contributed by atoms with Crippen molar-refractivity contribution in [1.29, 1.82) is 0 Å². The lowest BCUT2D eigenvalue weighted by atomic mass is 9.84. The molecule has 1 amide bonds. The average molecular weight is 699 g/mol. The number of carboxylic acid groups (broad SMARTS) is 1. The van der Waals surface area contributed by atoms with Crippen molar-refractivity contribution < 1.29 is 45.8 Å². The first-order valence-corrected chi connectivity index (χ1v) is 17.0. The van der Waals surface area contributed by atoms with Gasteiger partial charge < -0.3 is 15.1 Å². The number of amides is 1. The van der Waals surface area contributed by atoms with Crippen LogP contribution >= 0.6 is 0 Å². The van der Waals surface area contributed by atoms with E-state index in [1.54, 1.807) is 19.1 Å². The topological polar surface area (TPSA) is 115 Å². The zero-order chi connectivity index (χ0) is 35.5. The maximum Gasteiger partial charge on any atom is 0.339 e. The van der Waals surface area contributed by atoms with E-state index in [1.807, 2.05) is 12.1 Å². The fourth-order valence-electron chi connectivity index (χ4n) is 5.97. The minimum absolute atomic E-state index is 0.00727. The fourth-order valence-corrected chi connectivity index (χ4v) is 7.32. The number of carbonyl (C=O) groups excluding carboxylic acids is 1. The Labute approximate surface area is 281 Å². The third-order valence-corrected chi connectivity index (χ3v) is 10.5. The Hall–Kier alpha value is -4.75. The lowest BCUT2D eigenvalue weighted by Crippen LogP contribution is -2.43. The van der Waals surface area contributed by atoms with E-state index in [0.717, 1.165) is 48.3 Å². The Kier molecular flexibility index (Phi) is 10.7. The summed E-state index contributed by atoms with van der Waals surface area (Å²) in [4.78, 5) is 26.4. The molecule has 0 radical (unpaired) electrons. The first-order valence-electron chi connectivity index (χ1n) is 15.6. The third kappa shape index (κ3) is 7.94. The summed E-state index contributed by atoms with van der Waals surface area (Å²) in [6, 6.07) is 16.2. The molecule has 1 aliphatic carbocycles. The molecule has 8 nitrogen and oxygen atoms in total. The molecule has 0 aromatic heterocycles. The molecule has 2 N–H and O–H groups in total. The van der Waals surface area contributed by atoms with Crippen LogP contribution in [-0.2, 0) is 27.9 Å². The summed E-state index contributed by atoms with van der Waals surface area (Å²) in [6.45, 7) is -0.787. The van der Waals surface area contributed by atoms with Crippen LogP contribution in [-0.4, -0.2) is 41.4 Å². The van der Waals surface area contributed by atoms with Crippen LogP contribution in [0.1, 0.15) is 70.6 Å². The van der Waals surface area contributed by atoms with Crippen molar-refractivity contribution in [2.24, 2.45) is 0 Å². The Morgan fingerprint density at radius 2 is 1.43 bits per heavy atom. The Bertz CT molecular complexity index is 1940. The molecular weight excluding hydrogens is 664 g/mol. The van der Waals surface area contributed by atoms with E-state index in [0.29, 0.717) is 21.4 Å². The highest BCUT2D eigenvalue weighted by atomic mass is 32.2. The van der Waals surface area contributed by atoms with Gasteiger partial charge in [0.1, 0.15) is 11.3 Å². The molecule has 258 valence electrons. The summed E-state index contributed by atoms with van der Waals surface area (Å²) >= 11 is 0. The highest BCUT2D eigenvalue weighted by Crippen LogP contribution is 2.33. The van der Waals surface area contributed by atoms with E-state index in [1.165, 1.54) is 36.8 Å². The van der Waals surface area contributed by atoms with Crippen LogP contribution in [0.15, 0.2) is 77.7 Å². The van der Waals surface area contributed by atoms with Crippen LogP contribution < -0.4 is 4.90 Å². The maximum atomic E-state index is 14.8. The van der Waals surface area contributed by atoms with Gasteiger partial charge in [0.15, 0.2) is 23.3 Å². The summed E-state index contributed by atoms with van der Waals surface area (Å²) in [6.07, 6.45) is 5.55. The zero-order valence-electron chi connectivity index (χ0n) is 26.5. The molecule has 4 aromatic rings. The summed E-state index contributed by atoms with van der Waals surface area (Å²) in [5, 5.41) is 19.9. The monoisotopic (exact) mass is 698 g/mol. The second-order valence-corrected chi connectivity index (χ2v) is 14.0. The lowest BCUT2D eigenvalue weighted by Gasteiger charge is -2.28. The number of hydrogen-bond acceptors (Lipinski definition) is 5. The van der Waals surface area contributed by atoms with Crippen molar-refractivity contribution in [2.45, 2.75) is 62.9 Å². The van der Waals surface area contributed by atoms with E-state index >= 15 is 0 Å². The number of hydrogen-bond donors (Lipinski definition) is 2. The number of rotatable bonds is 11. The smallest absolute Gasteiger partial charge is 0.339 e. The van der Waals surface area contributed by atoms with Gasteiger partial charge in [-0.25, -0.2) is 30.8 Å². The van der Waals surface area contributed by atoms with Gasteiger partial charge in [-0.1, -0.05) is 61.2 Å². The van der Waals surface area contributed by atoms with Crippen LogP contribution in [0.5, 0.6) is 5.75 Å². The molecule has 0 atom stereocenters. The fraction of sp³-hybridized carbons (Fsp3) is 0.278. The molecule has 0 aliphatic heterocycles. The van der Waals surface area contributed by atoms with E-state index in [9.17, 15) is 45.8 Å². The van der Waals surface area contributed by atoms with Crippen LogP contribution in [0.3, 0.4) is 0 Å². The van der Waals surface area contributed by atoms with Crippen LogP contribution in [0.2, 0.25) is 0 Å². The summed E-state index contributed by atoms with van der Waals surface area (Å²) in [7, 11) is -4.72. The van der Waals surface area contributed by atoms with Gasteiger partial charge in [0.05, 0.1) is 18.0 Å².